The van der Waals surface area contributed by atoms with E-state index in [1.54, 1.807) is 0 Å². The molecule has 0 aromatic heterocycles. The predicted octanol–water partition coefficient (Wildman–Crippen LogP) is 4.27. The minimum atomic E-state index is 0.748. The molecule has 0 unspecified atom stereocenters. The van der Waals surface area contributed by atoms with Gasteiger partial charge in [0.25, 0.3) is 0 Å². The van der Waals surface area contributed by atoms with Crippen LogP contribution in [0.5, 0.6) is 0 Å². The van der Waals surface area contributed by atoms with Crippen molar-refractivity contribution in [2.45, 2.75) is 77.6 Å². The first-order valence-electron chi connectivity index (χ1n) is 7.69. The van der Waals surface area contributed by atoms with Gasteiger partial charge in [0, 0.05) is 13.2 Å². The van der Waals surface area contributed by atoms with Gasteiger partial charge in [-0.15, -0.1) is 0 Å². The molecule has 0 atom stereocenters. The van der Waals surface area contributed by atoms with Crippen molar-refractivity contribution in [2.75, 3.05) is 19.8 Å². The molecule has 2 nitrogen and oxygen atoms in total. The summed E-state index contributed by atoms with van der Waals surface area (Å²) in [5.74, 6) is 0. The van der Waals surface area contributed by atoms with Crippen molar-refractivity contribution in [1.82, 2.24) is 0 Å². The molecular weight excluding hydrogens is 210 g/mol. The average Bonchev–Trinajstić information content (AvgIpc) is 2.35. The summed E-state index contributed by atoms with van der Waals surface area (Å²) in [7, 11) is 0. The monoisotopic (exact) mass is 243 g/mol. The Labute approximate surface area is 108 Å². The van der Waals surface area contributed by atoms with E-state index in [1.165, 1.54) is 64.2 Å². The summed E-state index contributed by atoms with van der Waals surface area (Å²) in [6.45, 7) is 4.79. The van der Waals surface area contributed by atoms with Crippen molar-refractivity contribution in [1.29, 1.82) is 0 Å². The number of hydrogen-bond donors (Lipinski definition) is 1. The van der Waals surface area contributed by atoms with Crippen LogP contribution >= 0.6 is 0 Å². The topological polar surface area (TPSA) is 35.2 Å². The largest absolute Gasteiger partial charge is 0.381 e. The van der Waals surface area contributed by atoms with Gasteiger partial charge in [-0.3, -0.25) is 0 Å². The van der Waals surface area contributed by atoms with Gasteiger partial charge >= 0.3 is 0 Å². The number of ether oxygens (including phenoxy) is 1. The molecule has 0 radical (unpaired) electrons. The van der Waals surface area contributed by atoms with Crippen LogP contribution in [0.25, 0.3) is 0 Å². The third-order valence-electron chi connectivity index (χ3n) is 3.14. The first kappa shape index (κ1) is 16.9. The van der Waals surface area contributed by atoms with Crippen molar-refractivity contribution < 1.29 is 4.74 Å². The second-order valence-corrected chi connectivity index (χ2v) is 4.94. The zero-order valence-electron chi connectivity index (χ0n) is 11.9. The average molecular weight is 243 g/mol. The fourth-order valence-corrected chi connectivity index (χ4v) is 1.98. The van der Waals surface area contributed by atoms with Gasteiger partial charge in [-0.1, -0.05) is 64.7 Å². The Kier molecular flexibility index (Phi) is 15.8. The highest BCUT2D eigenvalue weighted by atomic mass is 16.5. The number of unbranched alkanes of at least 4 members (excludes halogenated alkanes) is 9. The van der Waals surface area contributed by atoms with E-state index in [4.69, 9.17) is 10.5 Å². The van der Waals surface area contributed by atoms with Gasteiger partial charge in [-0.25, -0.2) is 0 Å². The minimum absolute atomic E-state index is 0.748. The lowest BCUT2D eigenvalue weighted by atomic mass is 10.1. The van der Waals surface area contributed by atoms with Crippen LogP contribution in [0.3, 0.4) is 0 Å². The van der Waals surface area contributed by atoms with E-state index < -0.39 is 0 Å². The van der Waals surface area contributed by atoms with Gasteiger partial charge in [0.05, 0.1) is 0 Å². The van der Waals surface area contributed by atoms with E-state index in [1.807, 2.05) is 0 Å². The van der Waals surface area contributed by atoms with Crippen LogP contribution in [-0.2, 0) is 4.74 Å². The maximum absolute atomic E-state index is 5.47. The maximum Gasteiger partial charge on any atom is 0.0478 e. The second-order valence-electron chi connectivity index (χ2n) is 4.94. The zero-order valence-corrected chi connectivity index (χ0v) is 11.9. The summed E-state index contributed by atoms with van der Waals surface area (Å²) in [6.07, 6.45) is 14.9. The first-order valence-corrected chi connectivity index (χ1v) is 7.69. The molecule has 2 heteroatoms. The van der Waals surface area contributed by atoms with Crippen molar-refractivity contribution in [2.24, 2.45) is 5.73 Å². The molecule has 0 heterocycles. The standard InChI is InChI=1S/C15H33NO/c1-2-3-4-5-6-7-8-9-10-11-14-17-15-12-13-16/h2-16H2,1H3. The summed E-state index contributed by atoms with van der Waals surface area (Å²) in [5, 5.41) is 0. The van der Waals surface area contributed by atoms with Crippen LogP contribution in [0.1, 0.15) is 77.6 Å². The lowest BCUT2D eigenvalue weighted by Gasteiger charge is -2.03. The summed E-state index contributed by atoms with van der Waals surface area (Å²) >= 11 is 0. The fraction of sp³-hybridized carbons (Fsp3) is 1.00. The highest BCUT2D eigenvalue weighted by Crippen LogP contribution is 2.10. The van der Waals surface area contributed by atoms with Gasteiger partial charge in [0.15, 0.2) is 0 Å². The lowest BCUT2D eigenvalue weighted by Crippen LogP contribution is -2.04. The summed E-state index contributed by atoms with van der Waals surface area (Å²) in [5.41, 5.74) is 5.39. The number of rotatable bonds is 14. The summed E-state index contributed by atoms with van der Waals surface area (Å²) in [6, 6.07) is 0. The van der Waals surface area contributed by atoms with Crippen molar-refractivity contribution in [3.63, 3.8) is 0 Å². The Morgan fingerprint density at radius 2 is 1.12 bits per heavy atom. The van der Waals surface area contributed by atoms with Gasteiger partial charge in [-0.05, 0) is 19.4 Å². The third kappa shape index (κ3) is 15.9. The normalized spacial score (nSPS) is 10.9. The highest BCUT2D eigenvalue weighted by Gasteiger charge is 1.93. The Balaban J connectivity index is 2.85. The van der Waals surface area contributed by atoms with Crippen LogP contribution in [-0.4, -0.2) is 19.8 Å². The van der Waals surface area contributed by atoms with E-state index in [0.29, 0.717) is 0 Å². The highest BCUT2D eigenvalue weighted by molar-refractivity contribution is 4.47. The number of nitrogens with two attached hydrogens (primary N) is 1. The Hall–Kier alpha value is -0.0800. The van der Waals surface area contributed by atoms with E-state index >= 15 is 0 Å². The third-order valence-corrected chi connectivity index (χ3v) is 3.14. The van der Waals surface area contributed by atoms with Crippen molar-refractivity contribution in [3.05, 3.63) is 0 Å². The SMILES string of the molecule is CCCCCCCCCCCCOCCCN. The molecule has 0 aliphatic carbocycles. The molecule has 0 aromatic carbocycles. The molecule has 0 aromatic rings. The molecule has 0 bridgehead atoms. The molecule has 0 saturated carbocycles. The Morgan fingerprint density at radius 3 is 1.65 bits per heavy atom. The first-order chi connectivity index (χ1) is 8.41. The van der Waals surface area contributed by atoms with E-state index in [9.17, 15) is 0 Å². The van der Waals surface area contributed by atoms with Gasteiger partial charge in [-0.2, -0.15) is 0 Å². The smallest absolute Gasteiger partial charge is 0.0478 e. The van der Waals surface area contributed by atoms with Crippen LogP contribution in [0, 0.1) is 0 Å². The quantitative estimate of drug-likeness (QED) is 0.462. The second kappa shape index (κ2) is 15.9. The van der Waals surface area contributed by atoms with Crippen LogP contribution in [0.4, 0.5) is 0 Å². The molecule has 0 amide bonds. The molecule has 2 N–H and O–H groups in total. The fourth-order valence-electron chi connectivity index (χ4n) is 1.98. The van der Waals surface area contributed by atoms with Gasteiger partial charge in [0.2, 0.25) is 0 Å². The van der Waals surface area contributed by atoms with Gasteiger partial charge in [0.1, 0.15) is 0 Å². The maximum atomic E-state index is 5.47. The molecule has 0 saturated heterocycles. The van der Waals surface area contributed by atoms with E-state index in [-0.39, 0.29) is 0 Å². The predicted molar refractivity (Wildman–Crippen MR) is 76.3 cm³/mol. The number of hydrogen-bond acceptors (Lipinski definition) is 2. The van der Waals surface area contributed by atoms with E-state index in [2.05, 4.69) is 6.92 Å². The Morgan fingerprint density at radius 1 is 0.647 bits per heavy atom. The molecule has 0 rings (SSSR count). The molecular formula is C15H33NO. The van der Waals surface area contributed by atoms with Crippen LogP contribution in [0.15, 0.2) is 0 Å². The van der Waals surface area contributed by atoms with Crippen LogP contribution in [0.2, 0.25) is 0 Å². The summed E-state index contributed by atoms with van der Waals surface area (Å²) < 4.78 is 5.47. The van der Waals surface area contributed by atoms with E-state index in [0.717, 1.165) is 26.2 Å². The molecule has 17 heavy (non-hydrogen) atoms. The van der Waals surface area contributed by atoms with Crippen molar-refractivity contribution in [3.8, 4) is 0 Å². The molecule has 104 valence electrons. The minimum Gasteiger partial charge on any atom is -0.381 e. The molecule has 0 fully saturated rings. The molecule has 0 aliphatic rings. The lowest BCUT2D eigenvalue weighted by molar-refractivity contribution is 0.129. The Bertz CT molecular complexity index is 114. The van der Waals surface area contributed by atoms with Crippen molar-refractivity contribution >= 4 is 0 Å². The summed E-state index contributed by atoms with van der Waals surface area (Å²) in [4.78, 5) is 0. The molecule has 0 spiro atoms. The van der Waals surface area contributed by atoms with Crippen LogP contribution < -0.4 is 5.73 Å². The molecule has 0 aliphatic heterocycles. The zero-order chi connectivity index (χ0) is 12.6. The van der Waals surface area contributed by atoms with Gasteiger partial charge < -0.3 is 10.5 Å².